The third kappa shape index (κ3) is 3.89. The van der Waals surface area contributed by atoms with E-state index in [1.54, 1.807) is 20.8 Å². The zero-order valence-corrected chi connectivity index (χ0v) is 21.6. The maximum atomic E-state index is 16.0. The van der Waals surface area contributed by atoms with E-state index in [4.69, 9.17) is 4.74 Å². The number of aromatic nitrogens is 2. The van der Waals surface area contributed by atoms with E-state index < -0.39 is 65.0 Å². The van der Waals surface area contributed by atoms with Gasteiger partial charge in [0, 0.05) is 38.2 Å². The summed E-state index contributed by atoms with van der Waals surface area (Å²) in [4.78, 5) is 50.4. The largest absolute Gasteiger partial charge is 0.444 e. The Morgan fingerprint density at radius 3 is 2.47 bits per heavy atom. The molecule has 0 saturated carbocycles. The van der Waals surface area contributed by atoms with Crippen LogP contribution in [0.4, 0.5) is 18.0 Å². The van der Waals surface area contributed by atoms with E-state index in [0.717, 1.165) is 14.0 Å². The molecule has 10 nitrogen and oxygen atoms in total. The number of carbonyl (C=O) groups is 3. The van der Waals surface area contributed by atoms with Gasteiger partial charge in [0.25, 0.3) is 5.92 Å². The van der Waals surface area contributed by atoms with Crippen LogP contribution in [0.5, 0.6) is 0 Å². The van der Waals surface area contributed by atoms with Gasteiger partial charge >= 0.3 is 11.8 Å². The van der Waals surface area contributed by atoms with Crippen molar-refractivity contribution in [3.05, 3.63) is 34.0 Å². The van der Waals surface area contributed by atoms with Crippen LogP contribution in [-0.4, -0.2) is 63.1 Å². The lowest BCUT2D eigenvalue weighted by molar-refractivity contribution is -0.209. The van der Waals surface area contributed by atoms with Gasteiger partial charge < -0.3 is 15.0 Å². The topological polar surface area (TPSA) is 115 Å². The summed E-state index contributed by atoms with van der Waals surface area (Å²) in [6, 6.07) is 0.745. The number of nitrogens with zero attached hydrogens (tertiary/aromatic N) is 3. The molecule has 3 unspecified atom stereocenters. The molecule has 3 aliphatic heterocycles. The van der Waals surface area contributed by atoms with Gasteiger partial charge in [0.1, 0.15) is 17.2 Å². The smallest absolute Gasteiger partial charge is 0.410 e. The molecule has 3 fully saturated rings. The van der Waals surface area contributed by atoms with Crippen molar-refractivity contribution in [1.29, 1.82) is 0 Å². The summed E-state index contributed by atoms with van der Waals surface area (Å²) in [5.41, 5.74) is -3.13. The van der Waals surface area contributed by atoms with E-state index in [2.05, 4.69) is 10.6 Å². The molecule has 2 aromatic rings. The van der Waals surface area contributed by atoms with Crippen LogP contribution >= 0.6 is 0 Å². The lowest BCUT2D eigenvalue weighted by Gasteiger charge is -2.58. The molecule has 3 saturated heterocycles. The Bertz CT molecular complexity index is 1410. The number of halogens is 3. The van der Waals surface area contributed by atoms with Gasteiger partial charge in [-0.1, -0.05) is 6.07 Å². The number of fused-ring (bicyclic) bond motifs is 1. The second kappa shape index (κ2) is 8.58. The molecule has 38 heavy (non-hydrogen) atoms. The first-order valence-electron chi connectivity index (χ1n) is 12.5. The SMILES string of the molecule is Cn1c(=O)n(C2CCC(=O)NC2=O)c2ccc(C3NCC34CCN(C(=O)OC(C)(C)C)CC4(F)F)c(F)c21. The molecule has 13 heteroatoms. The normalized spacial score (nSPS) is 27.4. The van der Waals surface area contributed by atoms with Crippen LogP contribution in [0.1, 0.15) is 57.7 Å². The fourth-order valence-corrected chi connectivity index (χ4v) is 5.80. The van der Waals surface area contributed by atoms with Crippen molar-refractivity contribution >= 4 is 28.9 Å². The highest BCUT2D eigenvalue weighted by atomic mass is 19.3. The highest BCUT2D eigenvalue weighted by molar-refractivity contribution is 6.00. The van der Waals surface area contributed by atoms with E-state index in [1.165, 1.54) is 19.2 Å². The van der Waals surface area contributed by atoms with Crippen LogP contribution in [0.3, 0.4) is 0 Å². The van der Waals surface area contributed by atoms with Crippen molar-refractivity contribution < 1.29 is 32.3 Å². The van der Waals surface area contributed by atoms with E-state index in [9.17, 15) is 19.2 Å². The molecule has 0 radical (unpaired) electrons. The molecule has 4 heterocycles. The van der Waals surface area contributed by atoms with Gasteiger partial charge in [-0.15, -0.1) is 0 Å². The van der Waals surface area contributed by atoms with Crippen molar-refractivity contribution in [1.82, 2.24) is 24.7 Å². The lowest BCUT2D eigenvalue weighted by Crippen LogP contribution is -2.70. The third-order valence-corrected chi connectivity index (χ3v) is 7.82. The van der Waals surface area contributed by atoms with Crippen molar-refractivity contribution in [2.45, 2.75) is 63.6 Å². The van der Waals surface area contributed by atoms with Gasteiger partial charge in [-0.25, -0.2) is 22.8 Å². The van der Waals surface area contributed by atoms with Crippen LogP contribution in [-0.2, 0) is 21.4 Å². The first-order chi connectivity index (χ1) is 17.7. The molecule has 1 aromatic heterocycles. The molecule has 3 aliphatic rings. The fraction of sp³-hybridized carbons (Fsp3) is 0.600. The number of hydrogen-bond donors (Lipinski definition) is 2. The Kier molecular flexibility index (Phi) is 5.93. The first-order valence-corrected chi connectivity index (χ1v) is 12.5. The second-order valence-electron chi connectivity index (χ2n) is 11.3. The Hall–Kier alpha value is -3.35. The zero-order valence-electron chi connectivity index (χ0n) is 21.6. The zero-order chi connectivity index (χ0) is 27.8. The molecular formula is C25H30F3N5O5. The molecule has 0 bridgehead atoms. The summed E-state index contributed by atoms with van der Waals surface area (Å²) < 4.78 is 54.8. The lowest BCUT2D eigenvalue weighted by atomic mass is 9.62. The molecule has 2 N–H and O–H groups in total. The summed E-state index contributed by atoms with van der Waals surface area (Å²) in [7, 11) is 1.35. The quantitative estimate of drug-likeness (QED) is 0.569. The number of rotatable bonds is 2. The fourth-order valence-electron chi connectivity index (χ4n) is 5.80. The van der Waals surface area contributed by atoms with Gasteiger partial charge in [0.05, 0.1) is 17.5 Å². The number of benzene rings is 1. The molecule has 0 aliphatic carbocycles. The van der Waals surface area contributed by atoms with Crippen LogP contribution in [0, 0.1) is 11.2 Å². The van der Waals surface area contributed by atoms with E-state index in [-0.39, 0.29) is 48.9 Å². The standard InChI is InChI=1S/C25H30F3N5O5/c1-23(2,3)38-22(37)32-10-9-24(25(27,28)12-32)11-29-19(24)13-5-6-14-18(17(13)26)31(4)21(36)33(14)15-7-8-16(34)30-20(15)35/h5-6,15,19,29H,7-12H2,1-4H3,(H,30,34,35). The molecule has 206 valence electrons. The number of amides is 3. The summed E-state index contributed by atoms with van der Waals surface area (Å²) in [5.74, 6) is -5.29. The monoisotopic (exact) mass is 537 g/mol. The van der Waals surface area contributed by atoms with Crippen LogP contribution in [0.15, 0.2) is 16.9 Å². The van der Waals surface area contributed by atoms with Crippen LogP contribution in [0.2, 0.25) is 0 Å². The number of hydrogen-bond acceptors (Lipinski definition) is 6. The summed E-state index contributed by atoms with van der Waals surface area (Å²) in [6.07, 6.45) is -0.789. The van der Waals surface area contributed by atoms with Gasteiger partial charge in [0.15, 0.2) is 5.82 Å². The molecular weight excluding hydrogens is 507 g/mol. The van der Waals surface area contributed by atoms with Gasteiger partial charge in [-0.05, 0) is 39.7 Å². The van der Waals surface area contributed by atoms with Crippen LogP contribution < -0.4 is 16.3 Å². The number of carbonyl (C=O) groups excluding carboxylic acids is 3. The number of imidazole rings is 1. The number of imide groups is 1. The predicted octanol–water partition coefficient (Wildman–Crippen LogP) is 2.36. The van der Waals surface area contributed by atoms with E-state index >= 15 is 13.2 Å². The minimum atomic E-state index is -3.34. The summed E-state index contributed by atoms with van der Waals surface area (Å²) >= 11 is 0. The molecule has 1 aromatic carbocycles. The number of alkyl halides is 2. The minimum Gasteiger partial charge on any atom is -0.444 e. The Morgan fingerprint density at radius 1 is 1.18 bits per heavy atom. The highest BCUT2D eigenvalue weighted by Gasteiger charge is 2.66. The maximum Gasteiger partial charge on any atom is 0.410 e. The third-order valence-electron chi connectivity index (χ3n) is 7.82. The number of likely N-dealkylation sites (tertiary alicyclic amines) is 1. The van der Waals surface area contributed by atoms with Crippen molar-refractivity contribution in [2.75, 3.05) is 19.6 Å². The number of ether oxygens (including phenoxy) is 1. The average Bonchev–Trinajstić information content (AvgIpc) is 3.03. The molecule has 5 rings (SSSR count). The Balaban J connectivity index is 1.48. The second-order valence-corrected chi connectivity index (χ2v) is 11.3. The van der Waals surface area contributed by atoms with Gasteiger partial charge in [0.2, 0.25) is 11.8 Å². The van der Waals surface area contributed by atoms with E-state index in [1.807, 2.05) is 0 Å². The summed E-state index contributed by atoms with van der Waals surface area (Å²) in [5, 5.41) is 5.12. The predicted molar refractivity (Wildman–Crippen MR) is 129 cm³/mol. The first kappa shape index (κ1) is 26.3. The van der Waals surface area contributed by atoms with Gasteiger partial charge in [-0.2, -0.15) is 0 Å². The highest BCUT2D eigenvalue weighted by Crippen LogP contribution is 2.57. The van der Waals surface area contributed by atoms with Crippen LogP contribution in [0.25, 0.3) is 11.0 Å². The molecule has 1 spiro atoms. The van der Waals surface area contributed by atoms with E-state index in [0.29, 0.717) is 0 Å². The van der Waals surface area contributed by atoms with Gasteiger partial charge in [-0.3, -0.25) is 24.0 Å². The summed E-state index contributed by atoms with van der Waals surface area (Å²) in [6.45, 7) is 4.06. The number of piperidine rings is 2. The van der Waals surface area contributed by atoms with Crippen molar-refractivity contribution in [3.8, 4) is 0 Å². The van der Waals surface area contributed by atoms with Crippen molar-refractivity contribution in [2.24, 2.45) is 12.5 Å². The Labute approximate surface area is 216 Å². The van der Waals surface area contributed by atoms with Crippen molar-refractivity contribution in [3.63, 3.8) is 0 Å². The average molecular weight is 538 g/mol. The number of aryl methyl sites for hydroxylation is 1. The number of nitrogens with one attached hydrogen (secondary N) is 2. The minimum absolute atomic E-state index is 0.0230. The Morgan fingerprint density at radius 2 is 1.89 bits per heavy atom. The molecule has 3 amide bonds. The molecule has 3 atom stereocenters. The maximum absolute atomic E-state index is 16.0.